The molecule has 2 aliphatic rings. The molecule has 0 radical (unpaired) electrons. The highest BCUT2D eigenvalue weighted by Gasteiger charge is 2.28. The molecule has 30 heavy (non-hydrogen) atoms. The minimum Gasteiger partial charge on any atom is -0.289 e. The van der Waals surface area contributed by atoms with Crippen LogP contribution in [-0.4, -0.2) is 11.6 Å². The molecule has 0 atom stereocenters. The summed E-state index contributed by atoms with van der Waals surface area (Å²) in [4.78, 5) is 24.2. The maximum atomic E-state index is 12.1. The first-order valence-corrected chi connectivity index (χ1v) is 10.1. The van der Waals surface area contributed by atoms with Crippen LogP contribution in [0.3, 0.4) is 0 Å². The Labute approximate surface area is 175 Å². The van der Waals surface area contributed by atoms with Crippen LogP contribution < -0.4 is 0 Å². The maximum absolute atomic E-state index is 12.1. The van der Waals surface area contributed by atoms with Gasteiger partial charge in [-0.1, -0.05) is 97.1 Å². The van der Waals surface area contributed by atoms with Gasteiger partial charge < -0.3 is 0 Å². The van der Waals surface area contributed by atoms with Gasteiger partial charge in [0.25, 0.3) is 0 Å². The van der Waals surface area contributed by atoms with Gasteiger partial charge in [-0.05, 0) is 35.1 Å². The number of hydrogen-bond donors (Lipinski definition) is 0. The van der Waals surface area contributed by atoms with Crippen LogP contribution in [0.1, 0.15) is 54.1 Å². The number of benzene rings is 4. The third-order valence-corrected chi connectivity index (χ3v) is 5.83. The van der Waals surface area contributed by atoms with E-state index in [0.29, 0.717) is 22.3 Å². The number of fused-ring (bicyclic) bond motifs is 4. The normalized spacial score (nSPS) is 13.2. The zero-order valence-corrected chi connectivity index (χ0v) is 16.5. The van der Waals surface area contributed by atoms with Crippen molar-refractivity contribution >= 4 is 11.6 Å². The first-order chi connectivity index (χ1) is 14.7. The molecule has 0 unspecified atom stereocenters. The summed E-state index contributed by atoms with van der Waals surface area (Å²) in [5.41, 5.74) is 7.99. The van der Waals surface area contributed by atoms with Crippen molar-refractivity contribution in [1.29, 1.82) is 0 Å². The van der Waals surface area contributed by atoms with Crippen molar-refractivity contribution in [2.24, 2.45) is 0 Å². The fourth-order valence-electron chi connectivity index (χ4n) is 4.26. The van der Waals surface area contributed by atoms with Crippen LogP contribution in [0.5, 0.6) is 0 Å². The van der Waals surface area contributed by atoms with Gasteiger partial charge in [0.15, 0.2) is 11.6 Å². The van der Waals surface area contributed by atoms with Gasteiger partial charge in [-0.15, -0.1) is 0 Å². The Bertz CT molecular complexity index is 1090. The predicted octanol–water partition coefficient (Wildman–Crippen LogP) is 5.64. The summed E-state index contributed by atoms with van der Waals surface area (Å²) in [5, 5.41) is 0. The third-order valence-electron chi connectivity index (χ3n) is 5.83. The Kier molecular flexibility index (Phi) is 4.61. The van der Waals surface area contributed by atoms with E-state index in [1.807, 2.05) is 0 Å². The van der Waals surface area contributed by atoms with E-state index in [1.165, 1.54) is 22.3 Å². The van der Waals surface area contributed by atoms with E-state index in [-0.39, 0.29) is 11.6 Å². The smallest absolute Gasteiger partial charge is 0.194 e. The number of hydrogen-bond acceptors (Lipinski definition) is 2. The average Bonchev–Trinajstić information content (AvgIpc) is 2.81. The Morgan fingerprint density at radius 2 is 0.600 bits per heavy atom. The number of ketones is 2. The molecule has 0 N–H and O–H groups in total. The second kappa shape index (κ2) is 7.57. The van der Waals surface area contributed by atoms with Crippen LogP contribution in [0.4, 0.5) is 0 Å². The summed E-state index contributed by atoms with van der Waals surface area (Å²) in [5.74, 6) is -0.128. The first-order valence-electron chi connectivity index (χ1n) is 10.1. The van der Waals surface area contributed by atoms with E-state index in [0.717, 1.165) is 12.8 Å². The van der Waals surface area contributed by atoms with Gasteiger partial charge in [0.2, 0.25) is 0 Å². The molecule has 0 heterocycles. The Morgan fingerprint density at radius 3 is 0.867 bits per heavy atom. The molecular weight excluding hydrogens is 368 g/mol. The summed E-state index contributed by atoms with van der Waals surface area (Å²) in [6.45, 7) is 0. The highest BCUT2D eigenvalue weighted by molar-refractivity contribution is 6.28. The van der Waals surface area contributed by atoms with Gasteiger partial charge in [0.05, 0.1) is 0 Å². The van der Waals surface area contributed by atoms with Crippen LogP contribution in [0, 0.1) is 0 Å². The van der Waals surface area contributed by atoms with Gasteiger partial charge in [0, 0.05) is 22.3 Å². The molecule has 0 fully saturated rings. The number of carbonyl (C=O) groups excluding carboxylic acids is 2. The lowest BCUT2D eigenvalue weighted by Crippen LogP contribution is -2.20. The van der Waals surface area contributed by atoms with Gasteiger partial charge in [-0.25, -0.2) is 0 Å². The highest BCUT2D eigenvalue weighted by Crippen LogP contribution is 2.27. The second-order valence-corrected chi connectivity index (χ2v) is 7.64. The summed E-state index contributed by atoms with van der Waals surface area (Å²) in [6.07, 6.45) is 2.21. The largest absolute Gasteiger partial charge is 0.289 e. The summed E-state index contributed by atoms with van der Waals surface area (Å²) in [7, 11) is 0. The zero-order valence-electron chi connectivity index (χ0n) is 16.5. The first kappa shape index (κ1) is 18.3. The molecule has 0 bridgehead atoms. The molecular formula is C28H20O2. The van der Waals surface area contributed by atoms with Crippen molar-refractivity contribution in [3.05, 3.63) is 142 Å². The van der Waals surface area contributed by atoms with Gasteiger partial charge >= 0.3 is 0 Å². The van der Waals surface area contributed by atoms with E-state index in [1.54, 1.807) is 48.5 Å². The monoisotopic (exact) mass is 388 g/mol. The lowest BCUT2D eigenvalue weighted by Gasteiger charge is -2.18. The minimum atomic E-state index is -0.0641. The van der Waals surface area contributed by atoms with Crippen molar-refractivity contribution < 1.29 is 9.59 Å². The SMILES string of the molecule is O=C1c2ccccc2C(=O)c2ccccc21.c1ccc2c(c1)Cc1ccccc1C2. The molecule has 6 rings (SSSR count). The fraction of sp³-hybridized carbons (Fsp3) is 0.0714. The van der Waals surface area contributed by atoms with Crippen molar-refractivity contribution in [3.8, 4) is 0 Å². The van der Waals surface area contributed by atoms with Gasteiger partial charge in [-0.3, -0.25) is 9.59 Å². The summed E-state index contributed by atoms with van der Waals surface area (Å²) >= 11 is 0. The topological polar surface area (TPSA) is 34.1 Å². The molecule has 0 saturated carbocycles. The van der Waals surface area contributed by atoms with Crippen LogP contribution in [0.25, 0.3) is 0 Å². The van der Waals surface area contributed by atoms with Crippen LogP contribution in [0.2, 0.25) is 0 Å². The molecule has 2 nitrogen and oxygen atoms in total. The van der Waals surface area contributed by atoms with Crippen LogP contribution in [-0.2, 0) is 12.8 Å². The maximum Gasteiger partial charge on any atom is 0.194 e. The van der Waals surface area contributed by atoms with E-state index in [2.05, 4.69) is 48.5 Å². The van der Waals surface area contributed by atoms with Crippen LogP contribution in [0.15, 0.2) is 97.1 Å². The molecule has 2 heteroatoms. The van der Waals surface area contributed by atoms with Crippen molar-refractivity contribution in [3.63, 3.8) is 0 Å². The lowest BCUT2D eigenvalue weighted by molar-refractivity contribution is 0.0979. The highest BCUT2D eigenvalue weighted by atomic mass is 16.1. The number of rotatable bonds is 0. The van der Waals surface area contributed by atoms with E-state index in [9.17, 15) is 9.59 Å². The molecule has 4 aromatic rings. The van der Waals surface area contributed by atoms with Crippen molar-refractivity contribution in [2.75, 3.05) is 0 Å². The zero-order chi connectivity index (χ0) is 20.5. The molecule has 0 aromatic heterocycles. The molecule has 4 aromatic carbocycles. The number of carbonyl (C=O) groups is 2. The van der Waals surface area contributed by atoms with Gasteiger partial charge in [0.1, 0.15) is 0 Å². The fourth-order valence-corrected chi connectivity index (χ4v) is 4.26. The second-order valence-electron chi connectivity index (χ2n) is 7.64. The predicted molar refractivity (Wildman–Crippen MR) is 118 cm³/mol. The van der Waals surface area contributed by atoms with Crippen LogP contribution >= 0.6 is 0 Å². The summed E-state index contributed by atoms with van der Waals surface area (Å²) < 4.78 is 0. The summed E-state index contributed by atoms with van der Waals surface area (Å²) in [6, 6.07) is 31.4. The molecule has 0 spiro atoms. The average molecular weight is 388 g/mol. The Hall–Kier alpha value is -3.78. The quantitative estimate of drug-likeness (QED) is 0.337. The van der Waals surface area contributed by atoms with Gasteiger partial charge in [-0.2, -0.15) is 0 Å². The standard InChI is InChI=1S/C14H8O2.C14H12/c15-13-9-5-1-2-6-10(9)14(16)12-8-4-3-7-11(12)13;1-2-6-12-10-14-8-4-3-7-13(14)9-11(12)5-1/h1-8H;1-8H,9-10H2. The lowest BCUT2D eigenvalue weighted by atomic mass is 9.84. The Morgan fingerprint density at radius 1 is 0.367 bits per heavy atom. The molecule has 2 aliphatic carbocycles. The van der Waals surface area contributed by atoms with E-state index in [4.69, 9.17) is 0 Å². The van der Waals surface area contributed by atoms with E-state index < -0.39 is 0 Å². The van der Waals surface area contributed by atoms with Crippen molar-refractivity contribution in [2.45, 2.75) is 12.8 Å². The third kappa shape index (κ3) is 3.17. The minimum absolute atomic E-state index is 0.0641. The van der Waals surface area contributed by atoms with Crippen molar-refractivity contribution in [1.82, 2.24) is 0 Å². The molecule has 0 aliphatic heterocycles. The van der Waals surface area contributed by atoms with E-state index >= 15 is 0 Å². The molecule has 144 valence electrons. The molecule has 0 amide bonds. The Balaban J connectivity index is 0.000000130. The molecule has 0 saturated heterocycles.